The molecule has 0 spiro atoms. The van der Waals surface area contributed by atoms with Gasteiger partial charge in [-0.05, 0) is 28.1 Å². The van der Waals surface area contributed by atoms with Crippen molar-refractivity contribution >= 4 is 15.9 Å². The van der Waals surface area contributed by atoms with Crippen LogP contribution in [0.25, 0.3) is 0 Å². The van der Waals surface area contributed by atoms with Gasteiger partial charge in [0.1, 0.15) is 0 Å². The molecule has 0 bridgehead atoms. The largest absolute Gasteiger partial charge is 0.320 e. The van der Waals surface area contributed by atoms with Crippen LogP contribution in [0, 0.1) is 0 Å². The molecule has 1 aliphatic carbocycles. The van der Waals surface area contributed by atoms with Crippen LogP contribution >= 0.6 is 15.9 Å². The summed E-state index contributed by atoms with van der Waals surface area (Å²) in [5.74, 6) is -2.63. The molecule has 2 rings (SSSR count). The number of aromatic nitrogens is 1. The van der Waals surface area contributed by atoms with Gasteiger partial charge in [0.05, 0.1) is 11.2 Å². The van der Waals surface area contributed by atoms with Crippen molar-refractivity contribution in [3.8, 4) is 0 Å². The third-order valence-corrected chi connectivity index (χ3v) is 3.02. The van der Waals surface area contributed by atoms with Crippen LogP contribution in [-0.4, -0.2) is 10.9 Å². The average molecular weight is 263 g/mol. The van der Waals surface area contributed by atoms with Gasteiger partial charge in [-0.2, -0.15) is 0 Å². The first-order chi connectivity index (χ1) is 6.43. The monoisotopic (exact) mass is 262 g/mol. The van der Waals surface area contributed by atoms with Crippen LogP contribution < -0.4 is 5.73 Å². The highest BCUT2D eigenvalue weighted by molar-refractivity contribution is 9.10. The van der Waals surface area contributed by atoms with Crippen LogP contribution in [0.1, 0.15) is 18.5 Å². The Bertz CT molecular complexity index is 360. The SMILES string of the molecule is NC1(c2ncccc2Br)CC(F)(F)C1. The third-order valence-electron chi connectivity index (χ3n) is 2.38. The van der Waals surface area contributed by atoms with E-state index in [1.807, 2.05) is 0 Å². The maximum absolute atomic E-state index is 12.7. The number of halogens is 3. The van der Waals surface area contributed by atoms with Gasteiger partial charge in [-0.3, -0.25) is 4.98 Å². The molecule has 0 saturated heterocycles. The molecular formula is C9H9BrF2N2. The average Bonchev–Trinajstić information content (AvgIpc) is 2.00. The Hall–Kier alpha value is -0.550. The molecule has 0 aliphatic heterocycles. The maximum atomic E-state index is 12.7. The lowest BCUT2D eigenvalue weighted by molar-refractivity contribution is -0.126. The Morgan fingerprint density at radius 3 is 2.57 bits per heavy atom. The van der Waals surface area contributed by atoms with Gasteiger partial charge in [-0.15, -0.1) is 0 Å². The Labute approximate surface area is 88.6 Å². The van der Waals surface area contributed by atoms with Gasteiger partial charge in [0.15, 0.2) is 0 Å². The number of hydrogen-bond acceptors (Lipinski definition) is 2. The molecule has 1 saturated carbocycles. The van der Waals surface area contributed by atoms with Crippen LogP contribution in [0.2, 0.25) is 0 Å². The second-order valence-electron chi connectivity index (χ2n) is 3.70. The van der Waals surface area contributed by atoms with Crippen LogP contribution in [0.4, 0.5) is 8.78 Å². The highest BCUT2D eigenvalue weighted by Crippen LogP contribution is 2.50. The summed E-state index contributed by atoms with van der Waals surface area (Å²) in [5.41, 5.74) is 5.38. The zero-order valence-corrected chi connectivity index (χ0v) is 8.89. The molecule has 2 N–H and O–H groups in total. The van der Waals surface area contributed by atoms with Crippen molar-refractivity contribution in [1.82, 2.24) is 4.98 Å². The predicted octanol–water partition coefficient (Wildman–Crippen LogP) is 2.43. The minimum Gasteiger partial charge on any atom is -0.320 e. The van der Waals surface area contributed by atoms with E-state index in [0.717, 1.165) is 0 Å². The molecule has 1 fully saturated rings. The van der Waals surface area contributed by atoms with Crippen LogP contribution in [0.3, 0.4) is 0 Å². The number of rotatable bonds is 1. The summed E-state index contributed by atoms with van der Waals surface area (Å²) in [6, 6.07) is 3.49. The smallest absolute Gasteiger partial charge is 0.252 e. The lowest BCUT2D eigenvalue weighted by Crippen LogP contribution is -2.56. The van der Waals surface area contributed by atoms with Crippen LogP contribution in [-0.2, 0) is 5.54 Å². The van der Waals surface area contributed by atoms with Crippen LogP contribution in [0.5, 0.6) is 0 Å². The van der Waals surface area contributed by atoms with Gasteiger partial charge in [0, 0.05) is 23.5 Å². The van der Waals surface area contributed by atoms with E-state index in [0.29, 0.717) is 10.2 Å². The quantitative estimate of drug-likeness (QED) is 0.845. The molecule has 1 aromatic rings. The Balaban J connectivity index is 2.30. The molecule has 1 aliphatic rings. The second-order valence-corrected chi connectivity index (χ2v) is 4.55. The standard InChI is InChI=1S/C9H9BrF2N2/c10-6-2-1-3-14-7(6)8(13)4-9(11,12)5-8/h1-3H,4-5,13H2. The van der Waals surface area contributed by atoms with Gasteiger partial charge < -0.3 is 5.73 Å². The first-order valence-electron chi connectivity index (χ1n) is 4.21. The van der Waals surface area contributed by atoms with Gasteiger partial charge >= 0.3 is 0 Å². The van der Waals surface area contributed by atoms with E-state index in [4.69, 9.17) is 5.73 Å². The number of alkyl halides is 2. The maximum Gasteiger partial charge on any atom is 0.252 e. The van der Waals surface area contributed by atoms with Crippen molar-refractivity contribution in [2.75, 3.05) is 0 Å². The van der Waals surface area contributed by atoms with Crippen molar-refractivity contribution in [1.29, 1.82) is 0 Å². The fraction of sp³-hybridized carbons (Fsp3) is 0.444. The summed E-state index contributed by atoms with van der Waals surface area (Å²) < 4.78 is 26.1. The summed E-state index contributed by atoms with van der Waals surface area (Å²) >= 11 is 3.26. The van der Waals surface area contributed by atoms with Gasteiger partial charge in [-0.25, -0.2) is 8.78 Å². The molecular weight excluding hydrogens is 254 g/mol. The van der Waals surface area contributed by atoms with E-state index in [9.17, 15) is 8.78 Å². The molecule has 0 aromatic carbocycles. The highest BCUT2D eigenvalue weighted by Gasteiger charge is 2.56. The van der Waals surface area contributed by atoms with E-state index in [2.05, 4.69) is 20.9 Å². The normalized spacial score (nSPS) is 22.9. The molecule has 0 unspecified atom stereocenters. The summed E-state index contributed by atoms with van der Waals surface area (Å²) in [6.07, 6.45) is 0.913. The molecule has 1 heterocycles. The number of hydrogen-bond donors (Lipinski definition) is 1. The molecule has 2 nitrogen and oxygen atoms in total. The molecule has 1 aromatic heterocycles. The summed E-state index contributed by atoms with van der Waals surface area (Å²) in [7, 11) is 0. The first kappa shape index (κ1) is 9.98. The van der Waals surface area contributed by atoms with Crippen molar-refractivity contribution in [3.05, 3.63) is 28.5 Å². The van der Waals surface area contributed by atoms with E-state index < -0.39 is 11.5 Å². The first-order valence-corrected chi connectivity index (χ1v) is 5.00. The summed E-state index contributed by atoms with van der Waals surface area (Å²) in [4.78, 5) is 4.03. The number of pyridine rings is 1. The molecule has 0 amide bonds. The molecule has 76 valence electrons. The van der Waals surface area contributed by atoms with E-state index in [-0.39, 0.29) is 12.8 Å². The van der Waals surface area contributed by atoms with E-state index >= 15 is 0 Å². The zero-order valence-electron chi connectivity index (χ0n) is 7.30. The van der Waals surface area contributed by atoms with Gasteiger partial charge in [0.2, 0.25) is 0 Å². The van der Waals surface area contributed by atoms with Crippen LogP contribution in [0.15, 0.2) is 22.8 Å². The Morgan fingerprint density at radius 2 is 2.07 bits per heavy atom. The van der Waals surface area contributed by atoms with Crippen molar-refractivity contribution in [2.24, 2.45) is 5.73 Å². The lowest BCUT2D eigenvalue weighted by atomic mass is 9.72. The fourth-order valence-corrected chi connectivity index (χ4v) is 2.44. The van der Waals surface area contributed by atoms with Crippen molar-refractivity contribution < 1.29 is 8.78 Å². The number of nitrogens with zero attached hydrogens (tertiary/aromatic N) is 1. The van der Waals surface area contributed by atoms with E-state index in [1.54, 1.807) is 18.3 Å². The molecule has 5 heteroatoms. The minimum absolute atomic E-state index is 0.324. The number of nitrogens with two attached hydrogens (primary N) is 1. The summed E-state index contributed by atoms with van der Waals surface area (Å²) in [5, 5.41) is 0. The van der Waals surface area contributed by atoms with Gasteiger partial charge in [-0.1, -0.05) is 0 Å². The minimum atomic E-state index is -2.63. The molecule has 14 heavy (non-hydrogen) atoms. The predicted molar refractivity (Wildman–Crippen MR) is 52.0 cm³/mol. The lowest BCUT2D eigenvalue weighted by Gasteiger charge is -2.44. The van der Waals surface area contributed by atoms with Crippen molar-refractivity contribution in [3.63, 3.8) is 0 Å². The van der Waals surface area contributed by atoms with E-state index in [1.165, 1.54) is 0 Å². The second kappa shape index (κ2) is 2.97. The molecule has 0 radical (unpaired) electrons. The van der Waals surface area contributed by atoms with Crippen molar-refractivity contribution in [2.45, 2.75) is 24.3 Å². The summed E-state index contributed by atoms with van der Waals surface area (Å²) in [6.45, 7) is 0. The fourth-order valence-electron chi connectivity index (χ4n) is 1.79. The Kier molecular flexibility index (Phi) is 2.12. The highest BCUT2D eigenvalue weighted by atomic mass is 79.9. The third kappa shape index (κ3) is 1.54. The topological polar surface area (TPSA) is 38.9 Å². The Morgan fingerprint density at radius 1 is 1.43 bits per heavy atom. The molecule has 0 atom stereocenters. The zero-order chi connectivity index (χ0) is 10.4. The van der Waals surface area contributed by atoms with Gasteiger partial charge in [0.25, 0.3) is 5.92 Å².